The number of halogens is 2. The zero-order chi connectivity index (χ0) is 24.1. The highest BCUT2D eigenvalue weighted by atomic mass is 79.9. The van der Waals surface area contributed by atoms with Crippen molar-refractivity contribution in [1.82, 2.24) is 9.78 Å². The molecule has 2 heterocycles. The van der Waals surface area contributed by atoms with E-state index in [-0.39, 0.29) is 12.4 Å². The lowest BCUT2D eigenvalue weighted by Gasteiger charge is -2.10. The predicted molar refractivity (Wildman–Crippen MR) is 137 cm³/mol. The summed E-state index contributed by atoms with van der Waals surface area (Å²) in [5.41, 5.74) is 2.22. The summed E-state index contributed by atoms with van der Waals surface area (Å²) < 4.78 is 13.8. The molecule has 0 spiro atoms. The number of aromatic nitrogens is 2. The molecule has 0 fully saturated rings. The van der Waals surface area contributed by atoms with Gasteiger partial charge in [0, 0.05) is 11.2 Å². The number of carbonyl (C=O) groups excluding carboxylic acids is 1. The van der Waals surface area contributed by atoms with Gasteiger partial charge in [-0.3, -0.25) is 9.48 Å². The smallest absolute Gasteiger partial charge is 0.292 e. The van der Waals surface area contributed by atoms with Gasteiger partial charge in [-0.15, -0.1) is 0 Å². The summed E-state index contributed by atoms with van der Waals surface area (Å²) in [6, 6.07) is 19.0. The van der Waals surface area contributed by atoms with Gasteiger partial charge in [0.25, 0.3) is 5.91 Å². The lowest BCUT2D eigenvalue weighted by atomic mass is 9.99. The molecule has 0 saturated heterocycles. The maximum absolute atomic E-state index is 12.7. The van der Waals surface area contributed by atoms with Gasteiger partial charge in [-0.05, 0) is 69.7 Å². The molecule has 0 bridgehead atoms. The van der Waals surface area contributed by atoms with Gasteiger partial charge in [0.2, 0.25) is 0 Å². The molecular weight excluding hydrogens is 518 g/mol. The van der Waals surface area contributed by atoms with E-state index in [0.29, 0.717) is 33.5 Å². The monoisotopic (exact) mass is 541 g/mol. The first-order valence-corrected chi connectivity index (χ1v) is 12.2. The highest BCUT2D eigenvalue weighted by Gasteiger charge is 2.16. The molecule has 8 heteroatoms. The number of anilines is 1. The minimum atomic E-state index is -0.396. The van der Waals surface area contributed by atoms with Gasteiger partial charge in [0.1, 0.15) is 18.1 Å². The van der Waals surface area contributed by atoms with Gasteiger partial charge in [-0.25, -0.2) is 0 Å². The normalized spacial score (nSPS) is 11.9. The Kier molecular flexibility index (Phi) is 7.75. The summed E-state index contributed by atoms with van der Waals surface area (Å²) in [5.74, 6) is 2.00. The molecule has 2 aromatic carbocycles. The molecule has 0 aliphatic carbocycles. The molecule has 4 rings (SSSR count). The van der Waals surface area contributed by atoms with E-state index in [1.165, 1.54) is 5.56 Å². The highest BCUT2D eigenvalue weighted by molar-refractivity contribution is 9.10. The van der Waals surface area contributed by atoms with Crippen LogP contribution in [0, 0.1) is 0 Å². The topological polar surface area (TPSA) is 69.3 Å². The minimum Gasteiger partial charge on any atom is -0.486 e. The Bertz CT molecular complexity index is 1270. The van der Waals surface area contributed by atoms with Crippen molar-refractivity contribution in [2.45, 2.75) is 39.3 Å². The van der Waals surface area contributed by atoms with Crippen LogP contribution in [0.2, 0.25) is 5.02 Å². The summed E-state index contributed by atoms with van der Waals surface area (Å²) in [4.78, 5) is 12.7. The largest absolute Gasteiger partial charge is 0.486 e. The van der Waals surface area contributed by atoms with Gasteiger partial charge in [-0.2, -0.15) is 5.10 Å². The van der Waals surface area contributed by atoms with Crippen molar-refractivity contribution in [3.8, 4) is 5.75 Å². The number of carbonyl (C=O) groups is 1. The zero-order valence-corrected chi connectivity index (χ0v) is 21.3. The molecule has 0 aliphatic heterocycles. The first-order chi connectivity index (χ1) is 16.4. The fraction of sp³-hybridized carbons (Fsp3) is 0.231. The Morgan fingerprint density at radius 2 is 1.94 bits per heavy atom. The average molecular weight is 543 g/mol. The van der Waals surface area contributed by atoms with E-state index in [1.54, 1.807) is 23.0 Å². The van der Waals surface area contributed by atoms with Crippen LogP contribution in [-0.2, 0) is 13.2 Å². The number of hydrogen-bond acceptors (Lipinski definition) is 4. The van der Waals surface area contributed by atoms with Crippen LogP contribution in [0.1, 0.15) is 53.6 Å². The number of ether oxygens (including phenoxy) is 1. The van der Waals surface area contributed by atoms with Crippen molar-refractivity contribution in [2.75, 3.05) is 5.32 Å². The lowest BCUT2D eigenvalue weighted by Crippen LogP contribution is -2.12. The van der Waals surface area contributed by atoms with Gasteiger partial charge in [0.15, 0.2) is 11.6 Å². The number of nitrogens with one attached hydrogen (secondary N) is 1. The quantitative estimate of drug-likeness (QED) is 0.241. The fourth-order valence-corrected chi connectivity index (χ4v) is 4.00. The van der Waals surface area contributed by atoms with Crippen LogP contribution in [0.3, 0.4) is 0 Å². The third-order valence-corrected chi connectivity index (χ3v) is 6.52. The fourth-order valence-electron chi connectivity index (χ4n) is 3.39. The minimum absolute atomic E-state index is 0.179. The second kappa shape index (κ2) is 10.9. The Morgan fingerprint density at radius 3 is 2.68 bits per heavy atom. The first-order valence-electron chi connectivity index (χ1n) is 11.0. The van der Waals surface area contributed by atoms with E-state index in [4.69, 9.17) is 20.8 Å². The number of nitrogens with zero attached hydrogens (tertiary/aromatic N) is 2. The standard InChI is InChI=1S/C26H25BrClN3O3/c1-3-17(2)18-8-10-20(11-9-18)33-16-21-12-13-24(34-21)26(32)29-25-22(27)15-31(30-25)14-19-6-4-5-7-23(19)28/h4-13,15,17H,3,14,16H2,1-2H3,(H,29,30,32). The van der Waals surface area contributed by atoms with Crippen molar-refractivity contribution in [3.05, 3.63) is 99.0 Å². The molecule has 6 nitrogen and oxygen atoms in total. The second-order valence-corrected chi connectivity index (χ2v) is 9.26. The molecule has 0 saturated carbocycles. The third-order valence-electron chi connectivity index (χ3n) is 5.57. The van der Waals surface area contributed by atoms with E-state index in [0.717, 1.165) is 17.7 Å². The maximum atomic E-state index is 12.7. The summed E-state index contributed by atoms with van der Waals surface area (Å²) >= 11 is 9.68. The number of amides is 1. The van der Waals surface area contributed by atoms with Crippen molar-refractivity contribution in [1.29, 1.82) is 0 Å². The summed E-state index contributed by atoms with van der Waals surface area (Å²) in [5, 5.41) is 7.87. The molecule has 1 N–H and O–H groups in total. The van der Waals surface area contributed by atoms with Crippen molar-refractivity contribution < 1.29 is 13.9 Å². The molecule has 1 amide bonds. The van der Waals surface area contributed by atoms with Crippen molar-refractivity contribution >= 4 is 39.3 Å². The number of benzene rings is 2. The van der Waals surface area contributed by atoms with Crippen LogP contribution in [0.25, 0.3) is 0 Å². The number of rotatable bonds is 9. The van der Waals surface area contributed by atoms with Crippen LogP contribution >= 0.6 is 27.5 Å². The highest BCUT2D eigenvalue weighted by Crippen LogP contribution is 2.24. The van der Waals surface area contributed by atoms with Crippen LogP contribution in [0.15, 0.2) is 75.8 Å². The molecular formula is C26H25BrClN3O3. The predicted octanol–water partition coefficient (Wildman–Crippen LogP) is 7.29. The van der Waals surface area contributed by atoms with Crippen molar-refractivity contribution in [3.63, 3.8) is 0 Å². The van der Waals surface area contributed by atoms with E-state index in [1.807, 2.05) is 36.4 Å². The van der Waals surface area contributed by atoms with E-state index in [9.17, 15) is 4.79 Å². The Labute approximate surface area is 212 Å². The van der Waals surface area contributed by atoms with Crippen LogP contribution in [-0.4, -0.2) is 15.7 Å². The van der Waals surface area contributed by atoms with Crippen LogP contribution < -0.4 is 10.1 Å². The Balaban J connectivity index is 1.34. The molecule has 0 radical (unpaired) electrons. The molecule has 2 aromatic heterocycles. The average Bonchev–Trinajstić information content (AvgIpc) is 3.45. The molecule has 1 unspecified atom stereocenters. The SMILES string of the molecule is CCC(C)c1ccc(OCc2ccc(C(=O)Nc3nn(Cc4ccccc4Cl)cc3Br)o2)cc1. The van der Waals surface area contributed by atoms with E-state index >= 15 is 0 Å². The molecule has 176 valence electrons. The first kappa shape index (κ1) is 24.1. The summed E-state index contributed by atoms with van der Waals surface area (Å²) in [7, 11) is 0. The number of hydrogen-bond donors (Lipinski definition) is 1. The van der Waals surface area contributed by atoms with Crippen molar-refractivity contribution in [2.24, 2.45) is 0 Å². The third kappa shape index (κ3) is 5.90. The maximum Gasteiger partial charge on any atom is 0.292 e. The Morgan fingerprint density at radius 1 is 1.18 bits per heavy atom. The van der Waals surface area contributed by atoms with Gasteiger partial charge >= 0.3 is 0 Å². The zero-order valence-electron chi connectivity index (χ0n) is 18.9. The van der Waals surface area contributed by atoms with Gasteiger partial charge in [0.05, 0.1) is 11.0 Å². The molecule has 0 aliphatic rings. The summed E-state index contributed by atoms with van der Waals surface area (Å²) in [6.07, 6.45) is 2.88. The van der Waals surface area contributed by atoms with Gasteiger partial charge in [-0.1, -0.05) is 55.8 Å². The van der Waals surface area contributed by atoms with Crippen LogP contribution in [0.5, 0.6) is 5.75 Å². The van der Waals surface area contributed by atoms with E-state index in [2.05, 4.69) is 52.3 Å². The second-order valence-electron chi connectivity index (χ2n) is 8.00. The van der Waals surface area contributed by atoms with E-state index < -0.39 is 5.91 Å². The van der Waals surface area contributed by atoms with Crippen LogP contribution in [0.4, 0.5) is 5.82 Å². The summed E-state index contributed by atoms with van der Waals surface area (Å²) in [6.45, 7) is 5.08. The van der Waals surface area contributed by atoms with Gasteiger partial charge < -0.3 is 14.5 Å². The molecule has 1 atom stereocenters. The number of furan rings is 1. The lowest BCUT2D eigenvalue weighted by molar-refractivity contribution is 0.0992. The molecule has 4 aromatic rings. The molecule has 34 heavy (non-hydrogen) atoms. The Hall–Kier alpha value is -3.03.